The van der Waals surface area contributed by atoms with E-state index in [0.717, 1.165) is 4.90 Å². The van der Waals surface area contributed by atoms with E-state index >= 15 is 0 Å². The molecule has 12 heteroatoms. The normalized spacial score (nSPS) is 34.7. The lowest BCUT2D eigenvalue weighted by Crippen LogP contribution is -2.56. The second-order valence-electron chi connectivity index (χ2n) is 8.72. The minimum Gasteiger partial charge on any atom is -0.371 e. The Morgan fingerprint density at radius 2 is 1.79 bits per heavy atom. The average molecular weight is 549 g/mol. The fourth-order valence-electron chi connectivity index (χ4n) is 6.17. The summed E-state index contributed by atoms with van der Waals surface area (Å²) < 4.78 is 0. The van der Waals surface area contributed by atoms with Crippen LogP contribution in [0.5, 0.6) is 0 Å². The molecule has 1 spiro atoms. The lowest BCUT2D eigenvalue weighted by atomic mass is 9.75. The van der Waals surface area contributed by atoms with Crippen molar-refractivity contribution in [1.29, 1.82) is 0 Å². The Balaban J connectivity index is 1.58. The first-order valence-corrected chi connectivity index (χ1v) is 12.1. The Kier molecular flexibility index (Phi) is 4.93. The Labute approximate surface area is 213 Å². The molecule has 0 bridgehead atoms. The van der Waals surface area contributed by atoms with E-state index < -0.39 is 35.4 Å². The number of carbonyl (C=O) groups excluding carboxylic acids is 2. The average Bonchev–Trinajstić information content (AvgIpc) is 3.37. The van der Waals surface area contributed by atoms with Crippen molar-refractivity contribution in [2.45, 2.75) is 29.6 Å². The summed E-state index contributed by atoms with van der Waals surface area (Å²) in [4.78, 5) is 34.8. The van der Waals surface area contributed by atoms with Gasteiger partial charge < -0.3 is 10.4 Å². The van der Waals surface area contributed by atoms with Gasteiger partial charge in [0.15, 0.2) is 0 Å². The lowest BCUT2D eigenvalue weighted by Gasteiger charge is -2.41. The van der Waals surface area contributed by atoms with Crippen LogP contribution in [0.3, 0.4) is 0 Å². The Morgan fingerprint density at radius 1 is 1.06 bits per heavy atom. The molecule has 5 unspecified atom stereocenters. The van der Waals surface area contributed by atoms with Gasteiger partial charge >= 0.3 is 0 Å². The number of aliphatic hydroxyl groups excluding tert-OH is 1. The SMILES string of the molecule is O=C1C2C3C[C@H](Cl)CN3C3(c4cc(Cl)cc(Cl)c4NC3O)C2C(=O)N1c1cc(Cl)cc(Cl)n1. The number of nitrogens with one attached hydrogen (secondary N) is 1. The van der Waals surface area contributed by atoms with E-state index in [9.17, 15) is 14.7 Å². The van der Waals surface area contributed by atoms with Gasteiger partial charge in [0.1, 0.15) is 22.7 Å². The number of halogens is 5. The maximum atomic E-state index is 13.9. The summed E-state index contributed by atoms with van der Waals surface area (Å²) in [6.07, 6.45) is -0.743. The standard InChI is InChI=1S/C21H15Cl5N4O3/c22-7-1-10-17(11(25)2-7)28-20(33)21(10)16-15(12-3-9(24)6-29(12)21)18(31)30(19(16)32)14-5-8(23)4-13(26)27-14/h1-2,4-5,9,12,15-16,20,28,33H,3,6H2/t9-,12?,15?,16?,20?,21?/m0/s1. The number of benzene rings is 1. The molecule has 2 aromatic rings. The highest BCUT2D eigenvalue weighted by molar-refractivity contribution is 6.37. The third kappa shape index (κ3) is 2.82. The van der Waals surface area contributed by atoms with Gasteiger partial charge in [-0.15, -0.1) is 11.6 Å². The highest BCUT2D eigenvalue weighted by Gasteiger charge is 2.75. The van der Waals surface area contributed by atoms with Gasteiger partial charge in [0.2, 0.25) is 11.8 Å². The minimum absolute atomic E-state index is 0.0452. The van der Waals surface area contributed by atoms with E-state index in [1.54, 1.807) is 12.1 Å². The number of carbonyl (C=O) groups is 2. The first-order chi connectivity index (χ1) is 15.6. The highest BCUT2D eigenvalue weighted by Crippen LogP contribution is 2.63. The van der Waals surface area contributed by atoms with Crippen molar-refractivity contribution in [3.63, 3.8) is 0 Å². The van der Waals surface area contributed by atoms with Crippen LogP contribution in [0.2, 0.25) is 20.2 Å². The molecule has 0 aliphatic carbocycles. The molecule has 7 nitrogen and oxygen atoms in total. The number of pyridine rings is 1. The smallest absolute Gasteiger partial charge is 0.241 e. The summed E-state index contributed by atoms with van der Waals surface area (Å²) in [7, 11) is 0. The zero-order valence-corrected chi connectivity index (χ0v) is 20.4. The predicted molar refractivity (Wildman–Crippen MR) is 126 cm³/mol. The van der Waals surface area contributed by atoms with Gasteiger partial charge in [-0.25, -0.2) is 9.88 Å². The van der Waals surface area contributed by atoms with Gasteiger partial charge in [0.25, 0.3) is 0 Å². The fraction of sp³-hybridized carbons (Fsp3) is 0.381. The molecule has 4 aliphatic heterocycles. The molecule has 2 amide bonds. The highest BCUT2D eigenvalue weighted by atomic mass is 35.5. The number of aliphatic hydroxyl groups is 1. The number of nitrogens with zero attached hydrogens (tertiary/aromatic N) is 3. The van der Waals surface area contributed by atoms with Gasteiger partial charge in [0.05, 0.1) is 22.5 Å². The van der Waals surface area contributed by atoms with E-state index in [2.05, 4.69) is 10.3 Å². The largest absolute Gasteiger partial charge is 0.371 e. The molecule has 1 aromatic heterocycles. The summed E-state index contributed by atoms with van der Waals surface area (Å²) in [6.45, 7) is 0.392. The molecule has 33 heavy (non-hydrogen) atoms. The Bertz CT molecular complexity index is 1220. The summed E-state index contributed by atoms with van der Waals surface area (Å²) in [6, 6.07) is 5.71. The lowest BCUT2D eigenvalue weighted by molar-refractivity contribution is -0.127. The maximum Gasteiger partial charge on any atom is 0.241 e. The number of fused-ring (bicyclic) bond motifs is 7. The van der Waals surface area contributed by atoms with Gasteiger partial charge in [-0.3, -0.25) is 14.5 Å². The van der Waals surface area contributed by atoms with Crippen molar-refractivity contribution in [1.82, 2.24) is 9.88 Å². The van der Waals surface area contributed by atoms with Crippen molar-refractivity contribution in [3.05, 3.63) is 50.0 Å². The van der Waals surface area contributed by atoms with Gasteiger partial charge in [-0.05, 0) is 24.6 Å². The number of amides is 2. The molecule has 2 N–H and O–H groups in total. The van der Waals surface area contributed by atoms with Crippen LogP contribution in [0, 0.1) is 11.8 Å². The second kappa shape index (κ2) is 7.34. The monoisotopic (exact) mass is 546 g/mol. The number of anilines is 2. The van der Waals surface area contributed by atoms with E-state index in [4.69, 9.17) is 58.0 Å². The fourth-order valence-corrected chi connectivity index (χ4v) is 7.51. The van der Waals surface area contributed by atoms with Crippen molar-refractivity contribution in [3.8, 4) is 0 Å². The van der Waals surface area contributed by atoms with Crippen LogP contribution in [0.15, 0.2) is 24.3 Å². The van der Waals surface area contributed by atoms with E-state index in [-0.39, 0.29) is 27.4 Å². The van der Waals surface area contributed by atoms with E-state index in [0.29, 0.717) is 34.3 Å². The molecule has 0 saturated carbocycles. The molecular weight excluding hydrogens is 534 g/mol. The number of hydrogen-bond acceptors (Lipinski definition) is 6. The second-order valence-corrected chi connectivity index (χ2v) is 11.0. The number of hydrogen-bond donors (Lipinski definition) is 2. The van der Waals surface area contributed by atoms with Crippen LogP contribution in [0.25, 0.3) is 0 Å². The van der Waals surface area contributed by atoms with Gasteiger partial charge in [0, 0.05) is 39.6 Å². The molecule has 4 aliphatic rings. The molecule has 172 valence electrons. The molecule has 5 heterocycles. The van der Waals surface area contributed by atoms with Crippen LogP contribution in [-0.4, -0.2) is 51.0 Å². The molecule has 3 fully saturated rings. The van der Waals surface area contributed by atoms with Crippen LogP contribution in [-0.2, 0) is 15.1 Å². The van der Waals surface area contributed by atoms with Crippen molar-refractivity contribution in [2.75, 3.05) is 16.8 Å². The van der Waals surface area contributed by atoms with Crippen LogP contribution in [0.4, 0.5) is 11.5 Å². The van der Waals surface area contributed by atoms with E-state index in [1.165, 1.54) is 12.1 Å². The topological polar surface area (TPSA) is 85.8 Å². The van der Waals surface area contributed by atoms with Crippen LogP contribution >= 0.6 is 58.0 Å². The predicted octanol–water partition coefficient (Wildman–Crippen LogP) is 4.14. The number of imide groups is 1. The third-order valence-electron chi connectivity index (χ3n) is 7.17. The zero-order chi connectivity index (χ0) is 23.4. The number of aromatic nitrogens is 1. The van der Waals surface area contributed by atoms with Crippen molar-refractivity contribution >= 4 is 81.3 Å². The van der Waals surface area contributed by atoms with Gasteiger partial charge in [-0.2, -0.15) is 0 Å². The first-order valence-electron chi connectivity index (χ1n) is 10.2. The maximum absolute atomic E-state index is 13.9. The minimum atomic E-state index is -1.29. The number of rotatable bonds is 1. The molecular formula is C21H15Cl5N4O3. The zero-order valence-electron chi connectivity index (χ0n) is 16.6. The molecule has 3 saturated heterocycles. The summed E-state index contributed by atoms with van der Waals surface area (Å²) in [5.74, 6) is -2.55. The Hall–Kier alpha value is -1.32. The molecule has 6 atom stereocenters. The quantitative estimate of drug-likeness (QED) is 0.317. The van der Waals surface area contributed by atoms with Crippen molar-refractivity contribution < 1.29 is 14.7 Å². The summed E-state index contributed by atoms with van der Waals surface area (Å²) in [5, 5.41) is 15.1. The molecule has 1 aromatic carbocycles. The molecule has 0 radical (unpaired) electrons. The van der Waals surface area contributed by atoms with Crippen LogP contribution in [0.1, 0.15) is 12.0 Å². The summed E-state index contributed by atoms with van der Waals surface area (Å²) in [5.41, 5.74) is -0.239. The first kappa shape index (κ1) is 22.2. The van der Waals surface area contributed by atoms with Crippen LogP contribution < -0.4 is 10.2 Å². The third-order valence-corrected chi connectivity index (χ3v) is 8.41. The van der Waals surface area contributed by atoms with E-state index in [1.807, 2.05) is 4.90 Å². The van der Waals surface area contributed by atoms with Gasteiger partial charge in [-0.1, -0.05) is 46.4 Å². The van der Waals surface area contributed by atoms with Crippen molar-refractivity contribution in [2.24, 2.45) is 11.8 Å². The number of alkyl halides is 1. The summed E-state index contributed by atoms with van der Waals surface area (Å²) >= 11 is 31.5. The molecule has 6 rings (SSSR count). The Morgan fingerprint density at radius 3 is 2.52 bits per heavy atom.